The largest absolute Gasteiger partial charge is 0.480 e. The molecule has 5 N–H and O–H groups in total. The molecule has 2 atom stereocenters. The zero-order valence-corrected chi connectivity index (χ0v) is 10.1. The highest BCUT2D eigenvalue weighted by Gasteiger charge is 2.19. The Morgan fingerprint density at radius 3 is 2.78 bits per heavy atom. The number of hydrogen-bond acceptors (Lipinski definition) is 6. The fraction of sp³-hybridized carbons (Fsp3) is 0.273. The molecule has 0 aliphatic heterocycles. The third-order valence-electron chi connectivity index (χ3n) is 2.03. The smallest absolute Gasteiger partial charge is 0.329 e. The standard InChI is InChI=1S/C11H12N2O4S/c1-2-3-7(12)11(16)17-6-4-8(18-5-6)9(13)10(14)15/h1,4-5,7,9H,3,12-13H2,(H,14,15)/t7-,9-/m1/s1. The van der Waals surface area contributed by atoms with Gasteiger partial charge in [-0.2, -0.15) is 0 Å². The average molecular weight is 268 g/mol. The second kappa shape index (κ2) is 6.16. The first-order chi connectivity index (χ1) is 8.45. The quantitative estimate of drug-likeness (QED) is 0.515. The Kier molecular flexibility index (Phi) is 4.85. The molecule has 0 amide bonds. The lowest BCUT2D eigenvalue weighted by molar-refractivity contribution is -0.138. The lowest BCUT2D eigenvalue weighted by Gasteiger charge is -2.06. The number of terminal acetylenes is 1. The average Bonchev–Trinajstić information content (AvgIpc) is 2.76. The van der Waals surface area contributed by atoms with Gasteiger partial charge in [0.25, 0.3) is 0 Å². The number of esters is 1. The fourth-order valence-corrected chi connectivity index (χ4v) is 1.87. The molecule has 1 rings (SSSR count). The maximum Gasteiger partial charge on any atom is 0.329 e. The molecule has 96 valence electrons. The number of carbonyl (C=O) groups is 2. The van der Waals surface area contributed by atoms with Crippen LogP contribution in [0.5, 0.6) is 5.75 Å². The molecule has 0 aliphatic carbocycles. The van der Waals surface area contributed by atoms with E-state index in [1.807, 2.05) is 0 Å². The minimum atomic E-state index is -1.15. The van der Waals surface area contributed by atoms with E-state index in [1.165, 1.54) is 11.4 Å². The van der Waals surface area contributed by atoms with Crippen molar-refractivity contribution in [2.24, 2.45) is 11.5 Å². The van der Waals surface area contributed by atoms with Crippen LogP contribution in [0.3, 0.4) is 0 Å². The summed E-state index contributed by atoms with van der Waals surface area (Å²) in [6, 6.07) is -0.641. The van der Waals surface area contributed by atoms with Crippen molar-refractivity contribution in [1.82, 2.24) is 0 Å². The maximum atomic E-state index is 11.4. The second-order valence-electron chi connectivity index (χ2n) is 3.44. The first-order valence-corrected chi connectivity index (χ1v) is 5.81. The molecular formula is C11H12N2O4S. The number of aliphatic carboxylic acids is 1. The van der Waals surface area contributed by atoms with Crippen LogP contribution in [0.4, 0.5) is 0 Å². The minimum Gasteiger partial charge on any atom is -0.480 e. The van der Waals surface area contributed by atoms with Gasteiger partial charge < -0.3 is 21.3 Å². The summed E-state index contributed by atoms with van der Waals surface area (Å²) in [6.07, 6.45) is 5.09. The van der Waals surface area contributed by atoms with Crippen molar-refractivity contribution in [3.63, 3.8) is 0 Å². The van der Waals surface area contributed by atoms with Crippen molar-refractivity contribution < 1.29 is 19.4 Å². The van der Waals surface area contributed by atoms with Crippen LogP contribution in [0.2, 0.25) is 0 Å². The van der Waals surface area contributed by atoms with Gasteiger partial charge in [-0.3, -0.25) is 4.79 Å². The molecule has 0 radical (unpaired) electrons. The molecule has 6 nitrogen and oxygen atoms in total. The topological polar surface area (TPSA) is 116 Å². The summed E-state index contributed by atoms with van der Waals surface area (Å²) < 4.78 is 4.94. The lowest BCUT2D eigenvalue weighted by atomic mass is 10.2. The summed E-state index contributed by atoms with van der Waals surface area (Å²) in [5, 5.41) is 10.2. The van der Waals surface area contributed by atoms with Gasteiger partial charge in [0.2, 0.25) is 0 Å². The van der Waals surface area contributed by atoms with Gasteiger partial charge in [-0.25, -0.2) is 4.79 Å². The van der Waals surface area contributed by atoms with Gasteiger partial charge in [-0.15, -0.1) is 23.7 Å². The van der Waals surface area contributed by atoms with E-state index in [1.54, 1.807) is 0 Å². The van der Waals surface area contributed by atoms with E-state index in [9.17, 15) is 9.59 Å². The SMILES string of the molecule is C#CC[C@@H](N)C(=O)Oc1csc([C@@H](N)C(=O)O)c1. The van der Waals surface area contributed by atoms with Crippen molar-refractivity contribution in [3.05, 3.63) is 16.3 Å². The van der Waals surface area contributed by atoms with E-state index >= 15 is 0 Å². The number of nitrogens with two attached hydrogens (primary N) is 2. The van der Waals surface area contributed by atoms with Gasteiger partial charge in [0.1, 0.15) is 17.8 Å². The van der Waals surface area contributed by atoms with Gasteiger partial charge in [0.05, 0.1) is 0 Å². The molecule has 1 heterocycles. The monoisotopic (exact) mass is 268 g/mol. The van der Waals surface area contributed by atoms with E-state index in [0.29, 0.717) is 4.88 Å². The Bertz CT molecular complexity index is 491. The van der Waals surface area contributed by atoms with Gasteiger partial charge >= 0.3 is 11.9 Å². The van der Waals surface area contributed by atoms with Crippen molar-refractivity contribution in [2.75, 3.05) is 0 Å². The van der Waals surface area contributed by atoms with Crippen LogP contribution in [0.15, 0.2) is 11.4 Å². The van der Waals surface area contributed by atoms with E-state index in [0.717, 1.165) is 11.3 Å². The molecule has 0 bridgehead atoms. The van der Waals surface area contributed by atoms with Crippen LogP contribution in [0, 0.1) is 12.3 Å². The first kappa shape index (κ1) is 14.2. The number of rotatable bonds is 5. The lowest BCUT2D eigenvalue weighted by Crippen LogP contribution is -2.33. The van der Waals surface area contributed by atoms with Crippen molar-refractivity contribution in [3.8, 4) is 18.1 Å². The summed E-state index contributed by atoms with van der Waals surface area (Å²) in [7, 11) is 0. The Hall–Kier alpha value is -1.88. The number of carboxylic acids is 1. The number of carboxylic acid groups (broad SMARTS) is 1. The zero-order chi connectivity index (χ0) is 13.7. The second-order valence-corrected chi connectivity index (χ2v) is 4.38. The van der Waals surface area contributed by atoms with Crippen molar-refractivity contribution >= 4 is 23.3 Å². The molecule has 0 spiro atoms. The van der Waals surface area contributed by atoms with Crippen LogP contribution in [-0.4, -0.2) is 23.1 Å². The molecule has 7 heteroatoms. The summed E-state index contributed by atoms with van der Waals surface area (Å²) in [4.78, 5) is 22.5. The molecule has 0 aliphatic rings. The zero-order valence-electron chi connectivity index (χ0n) is 9.33. The highest BCUT2D eigenvalue weighted by molar-refractivity contribution is 7.10. The molecule has 18 heavy (non-hydrogen) atoms. The maximum absolute atomic E-state index is 11.4. The van der Waals surface area contributed by atoms with Gasteiger partial charge in [0.15, 0.2) is 0 Å². The third-order valence-corrected chi connectivity index (χ3v) is 3.02. The van der Waals surface area contributed by atoms with Crippen LogP contribution < -0.4 is 16.2 Å². The normalized spacial score (nSPS) is 13.4. The molecule has 0 unspecified atom stereocenters. The Morgan fingerprint density at radius 1 is 1.56 bits per heavy atom. The molecular weight excluding hydrogens is 256 g/mol. The number of hydrogen-bond donors (Lipinski definition) is 3. The highest BCUT2D eigenvalue weighted by atomic mass is 32.1. The Morgan fingerprint density at radius 2 is 2.22 bits per heavy atom. The van der Waals surface area contributed by atoms with Gasteiger partial charge in [0, 0.05) is 16.7 Å². The number of ether oxygens (including phenoxy) is 1. The summed E-state index contributed by atoms with van der Waals surface area (Å²) in [5.41, 5.74) is 10.9. The molecule has 1 aromatic rings. The first-order valence-electron chi connectivity index (χ1n) is 4.93. The molecule has 0 fully saturated rings. The third kappa shape index (κ3) is 3.56. The van der Waals surface area contributed by atoms with E-state index in [4.69, 9.17) is 27.7 Å². The van der Waals surface area contributed by atoms with Crippen molar-refractivity contribution in [1.29, 1.82) is 0 Å². The highest BCUT2D eigenvalue weighted by Crippen LogP contribution is 2.26. The van der Waals surface area contributed by atoms with Crippen LogP contribution in [-0.2, 0) is 9.59 Å². The number of thiophene rings is 1. The van der Waals surface area contributed by atoms with E-state index in [2.05, 4.69) is 5.92 Å². The van der Waals surface area contributed by atoms with Crippen LogP contribution >= 0.6 is 11.3 Å². The molecule has 0 aromatic carbocycles. The van der Waals surface area contributed by atoms with Crippen molar-refractivity contribution in [2.45, 2.75) is 18.5 Å². The predicted octanol–water partition coefficient (Wildman–Crippen LogP) is 0.0885. The Balaban J connectivity index is 2.68. The van der Waals surface area contributed by atoms with Gasteiger partial charge in [-0.1, -0.05) is 0 Å². The Labute approximate surface area is 108 Å². The molecule has 0 saturated heterocycles. The predicted molar refractivity (Wildman–Crippen MR) is 65.9 cm³/mol. The van der Waals surface area contributed by atoms with E-state index < -0.39 is 24.0 Å². The molecule has 0 saturated carbocycles. The van der Waals surface area contributed by atoms with E-state index in [-0.39, 0.29) is 12.2 Å². The van der Waals surface area contributed by atoms with Gasteiger partial charge in [-0.05, 0) is 6.07 Å². The summed E-state index contributed by atoms with van der Waals surface area (Å²) in [6.45, 7) is 0. The fourth-order valence-electron chi connectivity index (χ4n) is 1.07. The molecule has 1 aromatic heterocycles. The minimum absolute atomic E-state index is 0.0739. The van der Waals surface area contributed by atoms with Crippen LogP contribution in [0.1, 0.15) is 17.3 Å². The van der Waals surface area contributed by atoms with Crippen LogP contribution in [0.25, 0.3) is 0 Å². The number of carbonyl (C=O) groups excluding carboxylic acids is 1. The summed E-state index contributed by atoms with van der Waals surface area (Å²) in [5.74, 6) is 0.644. The summed E-state index contributed by atoms with van der Waals surface area (Å²) >= 11 is 1.09.